The Morgan fingerprint density at radius 1 is 1.04 bits per heavy atom. The molecule has 4 N–H and O–H groups in total. The van der Waals surface area contributed by atoms with Crippen LogP contribution in [0.3, 0.4) is 0 Å². The van der Waals surface area contributed by atoms with Crippen LogP contribution in [-0.4, -0.2) is 100 Å². The number of hydrogen-bond donors (Lipinski definition) is 4. The molecule has 0 radical (unpaired) electrons. The number of aliphatic hydroxyl groups is 1. The van der Waals surface area contributed by atoms with Crippen LogP contribution < -0.4 is 10.6 Å². The SMILES string of the molecule is Cc1c(NC(=O)N2CC(O)C(CC(C)C)C2)cc(F)cc1-c1ncnc2[nH]c(-c3ccc(CCN4CCC(OC5CCNCC5)CC4)cc3)cc12. The van der Waals surface area contributed by atoms with Crippen molar-refractivity contribution in [3.8, 4) is 22.5 Å². The number of likely N-dealkylation sites (tertiary alicyclic amines) is 2. The normalized spacial score (nSPS) is 20.9. The summed E-state index contributed by atoms with van der Waals surface area (Å²) in [7, 11) is 0. The average molecular weight is 698 g/mol. The number of aromatic nitrogens is 3. The van der Waals surface area contributed by atoms with Gasteiger partial charge in [0, 0.05) is 61.0 Å². The molecule has 11 heteroatoms. The van der Waals surface area contributed by atoms with E-state index in [2.05, 4.69) is 68.6 Å². The van der Waals surface area contributed by atoms with Crippen LogP contribution in [0.25, 0.3) is 33.5 Å². The number of ether oxygens (including phenoxy) is 1. The molecule has 3 aliphatic heterocycles. The second-order valence-corrected chi connectivity index (χ2v) is 15.2. The summed E-state index contributed by atoms with van der Waals surface area (Å²) in [5.74, 6) is -0.0175. The Morgan fingerprint density at radius 3 is 2.53 bits per heavy atom. The lowest BCUT2D eigenvalue weighted by molar-refractivity contribution is -0.0528. The van der Waals surface area contributed by atoms with Gasteiger partial charge in [-0.15, -0.1) is 0 Å². The number of H-pyrrole nitrogens is 1. The minimum Gasteiger partial charge on any atom is -0.391 e. The highest BCUT2D eigenvalue weighted by Gasteiger charge is 2.34. The van der Waals surface area contributed by atoms with E-state index in [0.29, 0.717) is 52.8 Å². The Balaban J connectivity index is 0.997. The summed E-state index contributed by atoms with van der Waals surface area (Å²) in [6.07, 6.45) is 8.06. The molecule has 4 aromatic rings. The highest BCUT2D eigenvalue weighted by Crippen LogP contribution is 2.35. The lowest BCUT2D eigenvalue weighted by atomic mass is 9.95. The van der Waals surface area contributed by atoms with E-state index < -0.39 is 11.9 Å². The highest BCUT2D eigenvalue weighted by atomic mass is 19.1. The van der Waals surface area contributed by atoms with E-state index in [-0.39, 0.29) is 18.5 Å². The van der Waals surface area contributed by atoms with Crippen molar-refractivity contribution in [1.29, 1.82) is 0 Å². The second kappa shape index (κ2) is 15.8. The van der Waals surface area contributed by atoms with Crippen molar-refractivity contribution in [2.75, 3.05) is 51.1 Å². The third kappa shape index (κ3) is 8.43. The number of rotatable bonds is 10. The standard InChI is InChI=1S/C40H52FN7O3/c1-25(2)18-29-22-48(23-37(29)49)40(50)46-35-20-30(41)19-33(26(35)3)38-34-21-36(45-39(34)44-24-43-38)28-6-4-27(5-7-28)10-15-47-16-11-32(12-17-47)51-31-8-13-42-14-9-31/h4-7,19-21,24-25,29,31-32,37,42,49H,8-18,22-23H2,1-3H3,(H,46,50)(H,43,44,45). The molecular formula is C40H52FN7O3. The van der Waals surface area contributed by atoms with Gasteiger partial charge in [0.15, 0.2) is 0 Å². The van der Waals surface area contributed by atoms with E-state index in [9.17, 15) is 9.90 Å². The largest absolute Gasteiger partial charge is 0.391 e. The first kappa shape index (κ1) is 35.5. The third-order valence-corrected chi connectivity index (χ3v) is 11.0. The van der Waals surface area contributed by atoms with Gasteiger partial charge < -0.3 is 35.3 Å². The molecule has 0 spiro atoms. The molecular weight excluding hydrogens is 645 g/mol. The monoisotopic (exact) mass is 697 g/mol. The summed E-state index contributed by atoms with van der Waals surface area (Å²) in [6.45, 7) is 12.2. The molecule has 3 saturated heterocycles. The summed E-state index contributed by atoms with van der Waals surface area (Å²) < 4.78 is 21.5. The van der Waals surface area contributed by atoms with Gasteiger partial charge in [-0.2, -0.15) is 0 Å². The molecule has 51 heavy (non-hydrogen) atoms. The topological polar surface area (TPSA) is 119 Å². The predicted molar refractivity (Wildman–Crippen MR) is 199 cm³/mol. The maximum Gasteiger partial charge on any atom is 0.321 e. The molecule has 2 atom stereocenters. The number of anilines is 1. The van der Waals surface area contributed by atoms with Crippen LogP contribution in [-0.2, 0) is 11.2 Å². The Bertz CT molecular complexity index is 1800. The molecule has 0 bridgehead atoms. The number of hydrogen-bond acceptors (Lipinski definition) is 7. The minimum absolute atomic E-state index is 0.0332. The molecule has 7 rings (SSSR count). The van der Waals surface area contributed by atoms with Gasteiger partial charge in [0.1, 0.15) is 17.8 Å². The Kier molecular flexibility index (Phi) is 11.0. The summed E-state index contributed by atoms with van der Waals surface area (Å²) in [5, 5.41) is 17.6. The number of β-amino-alcohol motifs (C(OH)–C–C–N with tert-alkyl or cyclic N) is 1. The first-order valence-corrected chi connectivity index (χ1v) is 18.8. The third-order valence-electron chi connectivity index (χ3n) is 11.0. The van der Waals surface area contributed by atoms with Crippen molar-refractivity contribution < 1.29 is 19.0 Å². The fourth-order valence-electron chi connectivity index (χ4n) is 8.03. The highest BCUT2D eigenvalue weighted by molar-refractivity contribution is 5.97. The number of amides is 2. The summed E-state index contributed by atoms with van der Waals surface area (Å²) in [4.78, 5) is 29.9. The number of carbonyl (C=O) groups excluding carboxylic acids is 1. The van der Waals surface area contributed by atoms with Crippen molar-refractivity contribution in [2.45, 2.75) is 77.6 Å². The van der Waals surface area contributed by atoms with Crippen LogP contribution in [0.2, 0.25) is 0 Å². The summed E-state index contributed by atoms with van der Waals surface area (Å²) in [6, 6.07) is 13.1. The van der Waals surface area contributed by atoms with Crippen LogP contribution in [0, 0.1) is 24.6 Å². The zero-order chi connectivity index (χ0) is 35.5. The van der Waals surface area contributed by atoms with Gasteiger partial charge in [-0.1, -0.05) is 38.1 Å². The fraction of sp³-hybridized carbons (Fsp3) is 0.525. The van der Waals surface area contributed by atoms with E-state index in [1.54, 1.807) is 4.90 Å². The van der Waals surface area contributed by atoms with Crippen LogP contribution >= 0.6 is 0 Å². The van der Waals surface area contributed by atoms with Crippen molar-refractivity contribution >= 4 is 22.8 Å². The number of aromatic amines is 1. The fourth-order valence-corrected chi connectivity index (χ4v) is 8.03. The predicted octanol–water partition coefficient (Wildman–Crippen LogP) is 6.39. The Hall–Kier alpha value is -3.90. The molecule has 10 nitrogen and oxygen atoms in total. The summed E-state index contributed by atoms with van der Waals surface area (Å²) in [5.41, 5.74) is 6.14. The van der Waals surface area contributed by atoms with Crippen LogP contribution in [0.1, 0.15) is 57.1 Å². The number of aliphatic hydroxyl groups excluding tert-OH is 1. The van der Waals surface area contributed by atoms with E-state index >= 15 is 4.39 Å². The number of piperidine rings is 2. The van der Waals surface area contributed by atoms with Gasteiger partial charge in [0.2, 0.25) is 0 Å². The van der Waals surface area contributed by atoms with Crippen molar-refractivity contribution in [1.82, 2.24) is 30.1 Å². The minimum atomic E-state index is -0.562. The maximum absolute atomic E-state index is 15.1. The van der Waals surface area contributed by atoms with Crippen LogP contribution in [0.4, 0.5) is 14.9 Å². The molecule has 5 heterocycles. The number of carbonyl (C=O) groups is 1. The Labute approximate surface area is 300 Å². The summed E-state index contributed by atoms with van der Waals surface area (Å²) >= 11 is 0. The first-order valence-electron chi connectivity index (χ1n) is 18.8. The number of benzene rings is 2. The number of nitrogens with zero attached hydrogens (tertiary/aromatic N) is 4. The number of nitrogens with one attached hydrogen (secondary N) is 3. The van der Waals surface area contributed by atoms with Gasteiger partial charge >= 0.3 is 6.03 Å². The van der Waals surface area contributed by atoms with E-state index in [4.69, 9.17) is 4.74 Å². The molecule has 2 aromatic carbocycles. The molecule has 0 saturated carbocycles. The maximum atomic E-state index is 15.1. The number of fused-ring (bicyclic) bond motifs is 1. The van der Waals surface area contributed by atoms with Crippen molar-refractivity contribution in [2.24, 2.45) is 11.8 Å². The second-order valence-electron chi connectivity index (χ2n) is 15.2. The van der Waals surface area contributed by atoms with Crippen LogP contribution in [0.5, 0.6) is 0 Å². The molecule has 3 aliphatic rings. The molecule has 2 amide bonds. The zero-order valence-corrected chi connectivity index (χ0v) is 30.1. The molecule has 2 unspecified atom stereocenters. The molecule has 3 fully saturated rings. The van der Waals surface area contributed by atoms with Gasteiger partial charge in [-0.3, -0.25) is 0 Å². The van der Waals surface area contributed by atoms with Crippen LogP contribution in [0.15, 0.2) is 48.8 Å². The molecule has 2 aromatic heterocycles. The van der Waals surface area contributed by atoms with E-state index in [0.717, 1.165) is 87.9 Å². The Morgan fingerprint density at radius 2 is 1.78 bits per heavy atom. The van der Waals surface area contributed by atoms with Gasteiger partial charge in [-0.25, -0.2) is 19.2 Å². The quantitative estimate of drug-likeness (QED) is 0.152. The van der Waals surface area contributed by atoms with E-state index in [1.165, 1.54) is 24.0 Å². The number of halogens is 1. The lowest BCUT2D eigenvalue weighted by Gasteiger charge is -2.35. The number of urea groups is 1. The van der Waals surface area contributed by atoms with E-state index in [1.807, 2.05) is 13.0 Å². The smallest absolute Gasteiger partial charge is 0.321 e. The zero-order valence-electron chi connectivity index (χ0n) is 30.1. The average Bonchev–Trinajstić information content (AvgIpc) is 3.73. The van der Waals surface area contributed by atoms with Gasteiger partial charge in [-0.05, 0) is 99.3 Å². The van der Waals surface area contributed by atoms with Crippen molar-refractivity contribution in [3.05, 3.63) is 65.7 Å². The van der Waals surface area contributed by atoms with Gasteiger partial charge in [0.25, 0.3) is 0 Å². The lowest BCUT2D eigenvalue weighted by Crippen LogP contribution is -2.41. The van der Waals surface area contributed by atoms with Crippen molar-refractivity contribution in [3.63, 3.8) is 0 Å². The molecule has 0 aliphatic carbocycles. The van der Waals surface area contributed by atoms with Gasteiger partial charge in [0.05, 0.1) is 24.0 Å². The molecule has 272 valence electrons. The first-order chi connectivity index (χ1) is 24.7.